The van der Waals surface area contributed by atoms with Gasteiger partial charge in [0.2, 0.25) is 5.76 Å². The van der Waals surface area contributed by atoms with Gasteiger partial charge in [-0.2, -0.15) is 0 Å². The third kappa shape index (κ3) is 4.10. The number of carbonyl (C=O) groups excluding carboxylic acids is 3. The Balaban J connectivity index is 1.38. The van der Waals surface area contributed by atoms with Gasteiger partial charge in [0.05, 0.1) is 0 Å². The first-order valence-electron chi connectivity index (χ1n) is 9.32. The van der Waals surface area contributed by atoms with E-state index in [0.717, 1.165) is 0 Å². The summed E-state index contributed by atoms with van der Waals surface area (Å²) >= 11 is 0. The molecule has 0 aliphatic carbocycles. The monoisotopic (exact) mass is 406 g/mol. The fourth-order valence-corrected chi connectivity index (χ4v) is 2.97. The third-order valence-electron chi connectivity index (χ3n) is 4.58. The van der Waals surface area contributed by atoms with Crippen molar-refractivity contribution in [2.45, 2.75) is 6.92 Å². The van der Waals surface area contributed by atoms with Gasteiger partial charge in [-0.15, -0.1) is 0 Å². The van der Waals surface area contributed by atoms with Crippen molar-refractivity contribution in [3.8, 4) is 22.8 Å². The molecule has 7 nitrogen and oxygen atoms in total. The van der Waals surface area contributed by atoms with Crippen LogP contribution >= 0.6 is 0 Å². The largest absolute Gasteiger partial charge is 0.486 e. The molecule has 0 saturated heterocycles. The molecule has 1 aromatic heterocycles. The number of rotatable bonds is 6. The van der Waals surface area contributed by atoms with Gasteiger partial charge in [0.1, 0.15) is 19.0 Å². The van der Waals surface area contributed by atoms with Gasteiger partial charge in [-0.3, -0.25) is 9.59 Å². The van der Waals surface area contributed by atoms with E-state index < -0.39 is 12.6 Å². The molecule has 0 N–H and O–H groups in total. The van der Waals surface area contributed by atoms with Crippen molar-refractivity contribution in [1.82, 2.24) is 0 Å². The molecule has 152 valence electrons. The first-order valence-corrected chi connectivity index (χ1v) is 9.32. The fraction of sp³-hybridized carbons (Fsp3) is 0.174. The van der Waals surface area contributed by atoms with Crippen molar-refractivity contribution < 1.29 is 33.0 Å². The summed E-state index contributed by atoms with van der Waals surface area (Å²) in [6.45, 7) is 1.94. The van der Waals surface area contributed by atoms with Crippen LogP contribution in [-0.4, -0.2) is 37.4 Å². The zero-order valence-electron chi connectivity index (χ0n) is 16.2. The van der Waals surface area contributed by atoms with Gasteiger partial charge >= 0.3 is 5.97 Å². The number of fused-ring (bicyclic) bond motifs is 1. The smallest absolute Gasteiger partial charge is 0.374 e. The minimum atomic E-state index is -0.743. The van der Waals surface area contributed by atoms with Crippen molar-refractivity contribution in [3.63, 3.8) is 0 Å². The van der Waals surface area contributed by atoms with Crippen LogP contribution in [0, 0.1) is 0 Å². The first-order chi connectivity index (χ1) is 14.5. The number of Topliss-reactive ketones (excluding diaryl/α,β-unsaturated/α-hetero) is 2. The lowest BCUT2D eigenvalue weighted by Crippen LogP contribution is -2.17. The molecule has 7 heteroatoms. The summed E-state index contributed by atoms with van der Waals surface area (Å²) in [7, 11) is 0. The Morgan fingerprint density at radius 1 is 0.867 bits per heavy atom. The van der Waals surface area contributed by atoms with E-state index in [-0.39, 0.29) is 17.3 Å². The zero-order valence-corrected chi connectivity index (χ0v) is 16.2. The second kappa shape index (κ2) is 8.24. The average molecular weight is 406 g/mol. The highest BCUT2D eigenvalue weighted by atomic mass is 16.6. The summed E-state index contributed by atoms with van der Waals surface area (Å²) in [4.78, 5) is 36.0. The van der Waals surface area contributed by atoms with Crippen LogP contribution in [0.2, 0.25) is 0 Å². The molecule has 30 heavy (non-hydrogen) atoms. The second-order valence-corrected chi connectivity index (χ2v) is 6.66. The van der Waals surface area contributed by atoms with Gasteiger partial charge < -0.3 is 18.6 Å². The number of ether oxygens (including phenoxy) is 3. The molecule has 3 aromatic rings. The molecule has 0 saturated carbocycles. The number of esters is 1. The number of ketones is 2. The van der Waals surface area contributed by atoms with Crippen molar-refractivity contribution in [2.75, 3.05) is 19.8 Å². The highest BCUT2D eigenvalue weighted by Crippen LogP contribution is 2.31. The van der Waals surface area contributed by atoms with E-state index >= 15 is 0 Å². The van der Waals surface area contributed by atoms with E-state index in [1.54, 1.807) is 48.5 Å². The van der Waals surface area contributed by atoms with Crippen LogP contribution in [0.5, 0.6) is 11.5 Å². The number of hydrogen-bond donors (Lipinski definition) is 0. The molecule has 2 aromatic carbocycles. The van der Waals surface area contributed by atoms with Crippen molar-refractivity contribution in [2.24, 2.45) is 0 Å². The first kappa shape index (κ1) is 19.4. The molecule has 1 aliphatic heterocycles. The Kier molecular flexibility index (Phi) is 5.34. The fourth-order valence-electron chi connectivity index (χ4n) is 2.97. The molecular weight excluding hydrogens is 388 g/mol. The lowest BCUT2D eigenvalue weighted by atomic mass is 10.1. The van der Waals surface area contributed by atoms with Crippen LogP contribution in [0.3, 0.4) is 0 Å². The van der Waals surface area contributed by atoms with Crippen molar-refractivity contribution >= 4 is 17.5 Å². The summed E-state index contributed by atoms with van der Waals surface area (Å²) < 4.78 is 21.5. The molecule has 0 amide bonds. The lowest BCUT2D eigenvalue weighted by molar-refractivity contribution is 0.0444. The highest BCUT2D eigenvalue weighted by molar-refractivity contribution is 5.99. The van der Waals surface area contributed by atoms with Gasteiger partial charge in [-0.05, 0) is 37.3 Å². The molecule has 0 spiro atoms. The number of hydrogen-bond acceptors (Lipinski definition) is 7. The van der Waals surface area contributed by atoms with Crippen molar-refractivity contribution in [3.05, 3.63) is 71.5 Å². The predicted molar refractivity (Wildman–Crippen MR) is 106 cm³/mol. The normalized spacial score (nSPS) is 12.3. The van der Waals surface area contributed by atoms with Crippen molar-refractivity contribution in [1.29, 1.82) is 0 Å². The maximum Gasteiger partial charge on any atom is 0.374 e. The number of benzene rings is 2. The third-order valence-corrected chi connectivity index (χ3v) is 4.58. The summed E-state index contributed by atoms with van der Waals surface area (Å²) in [5.74, 6) is 0.359. The van der Waals surface area contributed by atoms with E-state index in [1.807, 2.05) is 0 Å². The van der Waals surface area contributed by atoms with Crippen LogP contribution < -0.4 is 9.47 Å². The summed E-state index contributed by atoms with van der Waals surface area (Å²) in [5, 5.41) is 0. The molecule has 1 aliphatic rings. The van der Waals surface area contributed by atoms with Gasteiger partial charge in [0.15, 0.2) is 29.7 Å². The molecule has 2 heterocycles. The minimum Gasteiger partial charge on any atom is -0.486 e. The highest BCUT2D eigenvalue weighted by Gasteiger charge is 2.18. The number of carbonyl (C=O) groups is 3. The topological polar surface area (TPSA) is 92.0 Å². The van der Waals surface area contributed by atoms with Gasteiger partial charge in [-0.1, -0.05) is 24.3 Å². The Morgan fingerprint density at radius 3 is 2.30 bits per heavy atom. The van der Waals surface area contributed by atoms with Crippen LogP contribution in [-0.2, 0) is 4.74 Å². The molecule has 0 bridgehead atoms. The Hall–Kier alpha value is -3.87. The lowest BCUT2D eigenvalue weighted by Gasteiger charge is -2.18. The number of furan rings is 1. The molecular formula is C23H18O7. The van der Waals surface area contributed by atoms with E-state index in [0.29, 0.717) is 47.2 Å². The van der Waals surface area contributed by atoms with E-state index in [2.05, 4.69) is 0 Å². The predicted octanol–water partition coefficient (Wildman–Crippen LogP) is 3.96. The Labute approximate surface area is 172 Å². The van der Waals surface area contributed by atoms with E-state index in [9.17, 15) is 14.4 Å². The SMILES string of the molecule is CC(=O)c1ccc(-c2ccc(C(=O)OCC(=O)c3ccc4c(c3)OCCO4)o2)cc1. The average Bonchev–Trinajstić information content (AvgIpc) is 3.27. The maximum absolute atomic E-state index is 12.3. The zero-order chi connectivity index (χ0) is 21.1. The minimum absolute atomic E-state index is 0.0179. The van der Waals surface area contributed by atoms with Gasteiger partial charge in [0.25, 0.3) is 0 Å². The van der Waals surface area contributed by atoms with Crippen LogP contribution in [0.25, 0.3) is 11.3 Å². The summed E-state index contributed by atoms with van der Waals surface area (Å²) in [6.07, 6.45) is 0. The molecule has 0 fully saturated rings. The maximum atomic E-state index is 12.3. The molecule has 0 unspecified atom stereocenters. The van der Waals surface area contributed by atoms with Crippen LogP contribution in [0.1, 0.15) is 38.2 Å². The molecule has 0 radical (unpaired) electrons. The van der Waals surface area contributed by atoms with E-state index in [1.165, 1.54) is 13.0 Å². The summed E-state index contributed by atoms with van der Waals surface area (Å²) in [5.41, 5.74) is 1.66. The van der Waals surface area contributed by atoms with Gasteiger partial charge in [-0.25, -0.2) is 4.79 Å². The Morgan fingerprint density at radius 2 is 1.57 bits per heavy atom. The molecule has 0 atom stereocenters. The quantitative estimate of drug-likeness (QED) is 0.452. The standard InChI is InChI=1S/C23H18O7/c1-14(24)15-2-4-16(5-3-15)19-8-9-21(30-19)23(26)29-13-18(25)17-6-7-20-22(12-17)28-11-10-27-20/h2-9,12H,10-11,13H2,1H3. The van der Waals surface area contributed by atoms with E-state index in [4.69, 9.17) is 18.6 Å². The summed E-state index contributed by atoms with van der Waals surface area (Å²) in [6, 6.07) is 14.8. The Bertz CT molecular complexity index is 1110. The second-order valence-electron chi connectivity index (χ2n) is 6.66. The van der Waals surface area contributed by atoms with Crippen LogP contribution in [0.15, 0.2) is 59.0 Å². The van der Waals surface area contributed by atoms with Crippen LogP contribution in [0.4, 0.5) is 0 Å². The molecule has 4 rings (SSSR count). The van der Waals surface area contributed by atoms with Gasteiger partial charge in [0, 0.05) is 16.7 Å².